The monoisotopic (exact) mass is 307 g/mol. The second kappa shape index (κ2) is 5.47. The van der Waals surface area contributed by atoms with Crippen molar-refractivity contribution in [3.63, 3.8) is 0 Å². The highest BCUT2D eigenvalue weighted by atomic mass is 32.1. The Morgan fingerprint density at radius 1 is 1.40 bits per heavy atom. The van der Waals surface area contributed by atoms with Gasteiger partial charge in [-0.3, -0.25) is 0 Å². The van der Waals surface area contributed by atoms with E-state index in [4.69, 9.17) is 4.74 Å². The van der Waals surface area contributed by atoms with Crippen LogP contribution < -0.4 is 0 Å². The van der Waals surface area contributed by atoms with Crippen molar-refractivity contribution in [2.45, 2.75) is 13.0 Å². The van der Waals surface area contributed by atoms with Crippen LogP contribution in [-0.4, -0.2) is 31.2 Å². The molecule has 0 aliphatic carbocycles. The summed E-state index contributed by atoms with van der Waals surface area (Å²) in [6.45, 7) is 1.79. The molecule has 0 bridgehead atoms. The zero-order valence-electron chi connectivity index (χ0n) is 10.3. The lowest BCUT2D eigenvalue weighted by atomic mass is 10.3. The average Bonchev–Trinajstić information content (AvgIpc) is 3.19. The Bertz CT molecular complexity index is 692. The number of carbonyl (C=O) groups is 1. The summed E-state index contributed by atoms with van der Waals surface area (Å²) in [6, 6.07) is 1.77. The summed E-state index contributed by atoms with van der Waals surface area (Å²) in [5.74, 6) is -0.409. The van der Waals surface area contributed by atoms with Crippen LogP contribution in [0.2, 0.25) is 0 Å². The van der Waals surface area contributed by atoms with Crippen molar-refractivity contribution in [2.75, 3.05) is 0 Å². The van der Waals surface area contributed by atoms with Crippen molar-refractivity contribution in [1.82, 2.24) is 25.2 Å². The van der Waals surface area contributed by atoms with E-state index in [1.54, 1.807) is 24.6 Å². The molecule has 0 radical (unpaired) electrons. The smallest absolute Gasteiger partial charge is 0.351 e. The number of thiazole rings is 1. The van der Waals surface area contributed by atoms with E-state index in [1.807, 2.05) is 5.38 Å². The van der Waals surface area contributed by atoms with Crippen molar-refractivity contribution >= 4 is 28.6 Å². The molecule has 0 fully saturated rings. The number of rotatable bonds is 4. The van der Waals surface area contributed by atoms with E-state index in [2.05, 4.69) is 20.5 Å². The van der Waals surface area contributed by atoms with Crippen LogP contribution in [-0.2, 0) is 4.74 Å². The van der Waals surface area contributed by atoms with Gasteiger partial charge in [-0.1, -0.05) is 0 Å². The predicted octanol–water partition coefficient (Wildman–Crippen LogP) is 2.10. The number of thiophene rings is 1. The third kappa shape index (κ3) is 2.45. The number of nitrogens with zero attached hydrogens (tertiary/aromatic N) is 5. The van der Waals surface area contributed by atoms with E-state index >= 15 is 0 Å². The minimum atomic E-state index is -0.409. The molecule has 3 aromatic rings. The highest BCUT2D eigenvalue weighted by Gasteiger charge is 2.21. The molecule has 102 valence electrons. The Balaban J connectivity index is 1.80. The summed E-state index contributed by atoms with van der Waals surface area (Å²) in [4.78, 5) is 16.8. The molecule has 1 atom stereocenters. The van der Waals surface area contributed by atoms with Gasteiger partial charge >= 0.3 is 5.97 Å². The van der Waals surface area contributed by atoms with Crippen molar-refractivity contribution in [3.05, 3.63) is 39.2 Å². The highest BCUT2D eigenvalue weighted by Crippen LogP contribution is 2.25. The van der Waals surface area contributed by atoms with Gasteiger partial charge in [0.05, 0.1) is 5.69 Å². The Morgan fingerprint density at radius 3 is 3.00 bits per heavy atom. The zero-order chi connectivity index (χ0) is 13.9. The van der Waals surface area contributed by atoms with Crippen LogP contribution in [0.5, 0.6) is 0 Å². The van der Waals surface area contributed by atoms with Crippen molar-refractivity contribution in [2.24, 2.45) is 0 Å². The molecule has 0 unspecified atom stereocenters. The zero-order valence-corrected chi connectivity index (χ0v) is 12.0. The van der Waals surface area contributed by atoms with E-state index in [1.165, 1.54) is 33.7 Å². The summed E-state index contributed by atoms with van der Waals surface area (Å²) < 4.78 is 6.85. The van der Waals surface area contributed by atoms with Gasteiger partial charge in [-0.2, -0.15) is 4.68 Å². The first-order chi connectivity index (χ1) is 9.75. The first-order valence-corrected chi connectivity index (χ1v) is 7.43. The SMILES string of the molecule is C[C@H](OC(=O)c1sccc1-n1cnnn1)c1nccs1. The second-order valence-corrected chi connectivity index (χ2v) is 5.65. The van der Waals surface area contributed by atoms with Crippen molar-refractivity contribution in [1.29, 1.82) is 0 Å². The fraction of sp³-hybridized carbons (Fsp3) is 0.182. The van der Waals surface area contributed by atoms with E-state index in [0.717, 1.165) is 5.01 Å². The highest BCUT2D eigenvalue weighted by molar-refractivity contribution is 7.12. The third-order valence-electron chi connectivity index (χ3n) is 2.51. The van der Waals surface area contributed by atoms with E-state index in [0.29, 0.717) is 10.6 Å². The van der Waals surface area contributed by atoms with E-state index in [-0.39, 0.29) is 6.10 Å². The normalized spacial score (nSPS) is 12.2. The van der Waals surface area contributed by atoms with Gasteiger partial charge in [-0.15, -0.1) is 27.8 Å². The van der Waals surface area contributed by atoms with Gasteiger partial charge in [0.25, 0.3) is 0 Å². The maximum atomic E-state index is 12.2. The maximum Gasteiger partial charge on any atom is 0.351 e. The fourth-order valence-electron chi connectivity index (χ4n) is 1.61. The van der Waals surface area contributed by atoms with Crippen LogP contribution in [0.4, 0.5) is 0 Å². The molecular weight excluding hydrogens is 298 g/mol. The van der Waals surface area contributed by atoms with Crippen LogP contribution in [0.1, 0.15) is 27.7 Å². The summed E-state index contributed by atoms with van der Waals surface area (Å²) in [7, 11) is 0. The molecule has 0 saturated heterocycles. The van der Waals surface area contributed by atoms with E-state index < -0.39 is 5.97 Å². The molecule has 0 spiro atoms. The number of carbonyl (C=O) groups excluding carboxylic acids is 1. The molecule has 0 aromatic carbocycles. The molecule has 0 saturated carbocycles. The number of aromatic nitrogens is 5. The van der Waals surface area contributed by atoms with Crippen molar-refractivity contribution < 1.29 is 9.53 Å². The summed E-state index contributed by atoms with van der Waals surface area (Å²) >= 11 is 2.74. The van der Waals surface area contributed by atoms with Gasteiger partial charge in [-0.05, 0) is 28.8 Å². The average molecular weight is 307 g/mol. The fourth-order valence-corrected chi connectivity index (χ4v) is 2.99. The summed E-state index contributed by atoms with van der Waals surface area (Å²) in [5.41, 5.74) is 0.608. The quantitative estimate of drug-likeness (QED) is 0.686. The minimum Gasteiger partial charge on any atom is -0.451 e. The number of hydrogen-bond donors (Lipinski definition) is 0. The molecule has 0 aliphatic rings. The summed E-state index contributed by atoms with van der Waals surface area (Å²) in [6.07, 6.45) is 2.73. The summed E-state index contributed by atoms with van der Waals surface area (Å²) in [5, 5.41) is 15.3. The Kier molecular flexibility index (Phi) is 3.52. The molecule has 7 nitrogen and oxygen atoms in total. The number of ether oxygens (including phenoxy) is 1. The van der Waals surface area contributed by atoms with Gasteiger partial charge in [0, 0.05) is 11.6 Å². The molecule has 3 aromatic heterocycles. The van der Waals surface area contributed by atoms with Gasteiger partial charge in [0.15, 0.2) is 6.10 Å². The minimum absolute atomic E-state index is 0.383. The number of tetrazole rings is 1. The third-order valence-corrected chi connectivity index (χ3v) is 4.33. The topological polar surface area (TPSA) is 82.8 Å². The van der Waals surface area contributed by atoms with Gasteiger partial charge < -0.3 is 4.74 Å². The predicted molar refractivity (Wildman–Crippen MR) is 73.0 cm³/mol. The maximum absolute atomic E-state index is 12.2. The van der Waals surface area contributed by atoms with Crippen molar-refractivity contribution in [3.8, 4) is 5.69 Å². The Hall–Kier alpha value is -2.13. The van der Waals surface area contributed by atoms with Gasteiger partial charge in [-0.25, -0.2) is 9.78 Å². The van der Waals surface area contributed by atoms with Crippen LogP contribution in [0, 0.1) is 0 Å². The Morgan fingerprint density at radius 2 is 2.30 bits per heavy atom. The number of hydrogen-bond acceptors (Lipinski definition) is 8. The van der Waals surface area contributed by atoms with Gasteiger partial charge in [0.1, 0.15) is 16.2 Å². The first-order valence-electron chi connectivity index (χ1n) is 5.67. The first kappa shape index (κ1) is 12.9. The largest absolute Gasteiger partial charge is 0.451 e. The lowest BCUT2D eigenvalue weighted by Crippen LogP contribution is -2.10. The molecule has 0 amide bonds. The molecule has 3 heterocycles. The van der Waals surface area contributed by atoms with Crippen LogP contribution >= 0.6 is 22.7 Å². The van der Waals surface area contributed by atoms with Gasteiger partial charge in [0.2, 0.25) is 0 Å². The number of esters is 1. The van der Waals surface area contributed by atoms with Crippen LogP contribution in [0.25, 0.3) is 5.69 Å². The Labute approximate surface area is 121 Å². The standard InChI is InChI=1S/C11H9N5O2S2/c1-7(10-12-3-5-20-10)18-11(17)9-8(2-4-19-9)16-6-13-14-15-16/h2-7H,1H3/t7-/m0/s1. The lowest BCUT2D eigenvalue weighted by Gasteiger charge is -2.10. The van der Waals surface area contributed by atoms with Crippen LogP contribution in [0.3, 0.4) is 0 Å². The van der Waals surface area contributed by atoms with Crippen LogP contribution in [0.15, 0.2) is 29.4 Å². The molecule has 0 N–H and O–H groups in total. The molecular formula is C11H9N5O2S2. The molecule has 3 rings (SSSR count). The lowest BCUT2D eigenvalue weighted by molar-refractivity contribution is 0.0343. The molecule has 0 aliphatic heterocycles. The second-order valence-electron chi connectivity index (χ2n) is 3.81. The molecule has 20 heavy (non-hydrogen) atoms. The van der Waals surface area contributed by atoms with E-state index in [9.17, 15) is 4.79 Å². The molecule has 9 heteroatoms.